The molecule has 14 heteroatoms. The molecule has 2 aromatic carbocycles. The molecule has 2 aliphatic heterocycles. The van der Waals surface area contributed by atoms with E-state index in [-0.39, 0.29) is 37.3 Å². The molecule has 2 aliphatic rings. The Bertz CT molecular complexity index is 1560. The second kappa shape index (κ2) is 12.4. The molecule has 0 saturated carbocycles. The molecule has 0 amide bonds. The minimum Gasteiger partial charge on any atom is -0.571 e. The van der Waals surface area contributed by atoms with Gasteiger partial charge in [0.2, 0.25) is 0 Å². The van der Waals surface area contributed by atoms with Crippen molar-refractivity contribution in [3.8, 4) is 22.8 Å². The topological polar surface area (TPSA) is 66.0 Å². The van der Waals surface area contributed by atoms with Gasteiger partial charge in [0.15, 0.2) is 5.89 Å². The second-order valence-electron chi connectivity index (χ2n) is 9.06. The van der Waals surface area contributed by atoms with Crippen LogP contribution in [0.5, 0.6) is 0 Å². The minimum atomic E-state index is -4.41. The third kappa shape index (κ3) is 7.00. The average Bonchev–Trinajstić information content (AvgIpc) is 3.72. The zero-order valence-corrected chi connectivity index (χ0v) is 24.6. The predicted octanol–water partition coefficient (Wildman–Crippen LogP) is 5.94. The Morgan fingerprint density at radius 1 is 0.929 bits per heavy atom. The van der Waals surface area contributed by atoms with Gasteiger partial charge in [0, 0.05) is 43.1 Å². The maximum absolute atomic E-state index is 13.6. The Morgan fingerprint density at radius 3 is 2.02 bits per heavy atom. The second-order valence-corrected chi connectivity index (χ2v) is 9.06. The van der Waals surface area contributed by atoms with Crippen molar-refractivity contribution in [2.75, 3.05) is 23.9 Å². The number of benzene rings is 2. The monoisotopic (exact) mass is 759 g/mol. The van der Waals surface area contributed by atoms with Gasteiger partial charge in [-0.25, -0.2) is 0 Å². The number of nitrogens with zero attached hydrogens (tertiary/aromatic N) is 7. The molecule has 1 radical (unpaired) electrons. The Hall–Kier alpha value is -4.16. The number of hydrogen-bond donors (Lipinski definition) is 0. The first-order chi connectivity index (χ1) is 19.5. The van der Waals surface area contributed by atoms with Crippen LogP contribution in [-0.4, -0.2) is 34.0 Å². The quantitative estimate of drug-likeness (QED) is 0.188. The Labute approximate surface area is 252 Å². The number of aromatic nitrogens is 3. The molecule has 4 aromatic rings. The zero-order valence-electron chi connectivity index (χ0n) is 22.2. The van der Waals surface area contributed by atoms with Crippen LogP contribution in [0.25, 0.3) is 22.8 Å². The van der Waals surface area contributed by atoms with Gasteiger partial charge in [0.1, 0.15) is 0 Å². The first-order valence-electron chi connectivity index (χ1n) is 12.0. The third-order valence-electron chi connectivity index (χ3n) is 5.76. The van der Waals surface area contributed by atoms with Gasteiger partial charge >= 0.3 is 6.18 Å². The van der Waals surface area contributed by atoms with Crippen LogP contribution in [0.4, 0.5) is 33.3 Å². The molecule has 42 heavy (non-hydrogen) atoms. The van der Waals surface area contributed by atoms with Gasteiger partial charge in [-0.3, -0.25) is 13.8 Å². The van der Waals surface area contributed by atoms with E-state index in [0.29, 0.717) is 17.1 Å². The van der Waals surface area contributed by atoms with Crippen molar-refractivity contribution < 1.29 is 46.5 Å². The van der Waals surface area contributed by atoms with Gasteiger partial charge in [0.05, 0.1) is 6.26 Å². The number of hydrogen-bond acceptors (Lipinski definition) is 7. The first kappa shape index (κ1) is 30.8. The van der Waals surface area contributed by atoms with Crippen molar-refractivity contribution >= 4 is 11.4 Å². The van der Waals surface area contributed by atoms with E-state index in [1.807, 2.05) is 0 Å². The maximum Gasteiger partial charge on any atom is 0.394 e. The van der Waals surface area contributed by atoms with Crippen LogP contribution in [0, 0.1) is 44.0 Å². The summed E-state index contributed by atoms with van der Waals surface area (Å²) in [4.78, 5) is 10.8. The van der Waals surface area contributed by atoms with Crippen LogP contribution >= 0.6 is 0 Å². The van der Waals surface area contributed by atoms with Crippen LogP contribution in [0.2, 0.25) is 0 Å². The summed E-state index contributed by atoms with van der Waals surface area (Å²) in [7, 11) is 3.61. The van der Waals surface area contributed by atoms with E-state index in [0.717, 1.165) is 30.0 Å². The van der Waals surface area contributed by atoms with Crippen LogP contribution in [0.1, 0.15) is 11.3 Å². The number of halogens is 5. The van der Waals surface area contributed by atoms with Crippen molar-refractivity contribution in [3.63, 3.8) is 0 Å². The molecule has 223 valence electrons. The summed E-state index contributed by atoms with van der Waals surface area (Å²) in [5.74, 6) is -1.21. The summed E-state index contributed by atoms with van der Waals surface area (Å²) in [6, 6.07) is 11.2. The summed E-state index contributed by atoms with van der Waals surface area (Å²) in [6.07, 6.45) is 3.74. The van der Waals surface area contributed by atoms with E-state index in [9.17, 15) is 22.0 Å². The maximum atomic E-state index is 13.6. The van der Waals surface area contributed by atoms with Crippen molar-refractivity contribution in [2.24, 2.45) is 0 Å². The number of alkyl halides is 3. The van der Waals surface area contributed by atoms with Crippen molar-refractivity contribution in [3.05, 3.63) is 110 Å². The standard InChI is InChI=1S/C15H14F3N4.C13H7F2N3O.Ir/c1-19-3-5-21(10-19)13-7-12(15(16,17)18)8-14(9-13)22-6-4-20(2)11-22;1-7-4-11(18-17-7)13-16-12(6-19-13)9-3-2-8(14)5-10(9)15;/h3-8,10-11H,1-2H3;2,4-6H,1H3;/q-3;-2;. The SMILES string of the molecule is CN1C=CN(c2[c-]c(N3C=CN(C)[CH-]3)cc(C(F)(F)F)c2)[CH-]1.Cc1cc(-c2nc(-c3[c-]cc(F)cc3F)co2)[n-]n1.[Ir]. The molecule has 0 N–H and O–H groups in total. The summed E-state index contributed by atoms with van der Waals surface area (Å²) in [5.41, 5.74) is 1.44. The molecule has 8 nitrogen and oxygen atoms in total. The Kier molecular flexibility index (Phi) is 9.07. The largest absolute Gasteiger partial charge is 0.571 e. The molecular formula is C28H21F5IrN7O-5. The first-order valence-corrected chi connectivity index (χ1v) is 12.0. The van der Waals surface area contributed by atoms with Crippen LogP contribution < -0.4 is 14.9 Å². The molecule has 0 atom stereocenters. The van der Waals surface area contributed by atoms with Crippen LogP contribution in [0.15, 0.2) is 65.8 Å². The summed E-state index contributed by atoms with van der Waals surface area (Å²) in [5, 5.41) is 7.68. The van der Waals surface area contributed by atoms with E-state index < -0.39 is 23.4 Å². The number of rotatable bonds is 4. The fourth-order valence-corrected chi connectivity index (χ4v) is 3.81. The smallest absolute Gasteiger partial charge is 0.394 e. The van der Waals surface area contributed by atoms with Crippen molar-refractivity contribution in [1.82, 2.24) is 25.0 Å². The molecule has 4 heterocycles. The molecule has 0 spiro atoms. The van der Waals surface area contributed by atoms with Crippen LogP contribution in [0.3, 0.4) is 0 Å². The third-order valence-corrected chi connectivity index (χ3v) is 5.76. The summed E-state index contributed by atoms with van der Waals surface area (Å²) >= 11 is 0. The summed E-state index contributed by atoms with van der Waals surface area (Å²) < 4.78 is 71.0. The van der Waals surface area contributed by atoms with Crippen LogP contribution in [-0.2, 0) is 26.3 Å². The zero-order chi connectivity index (χ0) is 29.3. The van der Waals surface area contributed by atoms with Gasteiger partial charge in [0.25, 0.3) is 0 Å². The van der Waals surface area contributed by atoms with Crippen molar-refractivity contribution in [1.29, 1.82) is 0 Å². The van der Waals surface area contributed by atoms with Crippen molar-refractivity contribution in [2.45, 2.75) is 13.1 Å². The van der Waals surface area contributed by atoms with Gasteiger partial charge in [-0.2, -0.15) is 26.5 Å². The van der Waals surface area contributed by atoms with Gasteiger partial charge < -0.3 is 34.2 Å². The van der Waals surface area contributed by atoms with E-state index in [2.05, 4.69) is 27.3 Å². The van der Waals surface area contributed by atoms with E-state index >= 15 is 0 Å². The van der Waals surface area contributed by atoms with Gasteiger partial charge in [-0.05, 0) is 45.8 Å². The Balaban J connectivity index is 0.000000190. The molecule has 2 aromatic heterocycles. The minimum absolute atomic E-state index is 0. The normalized spacial score (nSPS) is 14.4. The molecule has 0 unspecified atom stereocenters. The summed E-state index contributed by atoms with van der Waals surface area (Å²) in [6.45, 7) is 5.16. The van der Waals surface area contributed by atoms with Gasteiger partial charge in [-0.1, -0.05) is 29.0 Å². The molecule has 0 aliphatic carbocycles. The predicted molar refractivity (Wildman–Crippen MR) is 140 cm³/mol. The number of aryl methyl sites for hydroxylation is 1. The van der Waals surface area contributed by atoms with E-state index in [1.165, 1.54) is 6.26 Å². The molecule has 6 rings (SSSR count). The molecular weight excluding hydrogens is 738 g/mol. The molecule has 0 saturated heterocycles. The van der Waals surface area contributed by atoms with E-state index in [4.69, 9.17) is 4.42 Å². The Morgan fingerprint density at radius 2 is 1.55 bits per heavy atom. The molecule has 0 fully saturated rings. The van der Waals surface area contributed by atoms with Gasteiger partial charge in [-0.15, -0.1) is 41.7 Å². The fraction of sp³-hybridized carbons (Fsp3) is 0.143. The number of anilines is 2. The molecule has 0 bridgehead atoms. The fourth-order valence-electron chi connectivity index (χ4n) is 3.81. The number of oxazole rings is 1. The van der Waals surface area contributed by atoms with E-state index in [1.54, 1.807) is 84.8 Å². The average molecular weight is 759 g/mol.